The van der Waals surface area contributed by atoms with E-state index in [9.17, 15) is 14.4 Å². The summed E-state index contributed by atoms with van der Waals surface area (Å²) in [5.41, 5.74) is 3.33. The van der Waals surface area contributed by atoms with Gasteiger partial charge in [0.15, 0.2) is 0 Å². The SMILES string of the molecule is CCC(=O)C(=O)Nc1cccc(-c2c[nH]c3ncc(NC(=O)OC(C)C)cc23)c1. The number of hydrogen-bond donors (Lipinski definition) is 3. The number of aromatic amines is 1. The van der Waals surface area contributed by atoms with E-state index in [2.05, 4.69) is 20.6 Å². The molecule has 0 aliphatic carbocycles. The second kappa shape index (κ2) is 8.55. The van der Waals surface area contributed by atoms with E-state index in [-0.39, 0.29) is 12.5 Å². The summed E-state index contributed by atoms with van der Waals surface area (Å²) in [4.78, 5) is 42.6. The number of benzene rings is 1. The molecule has 3 N–H and O–H groups in total. The van der Waals surface area contributed by atoms with Crippen molar-refractivity contribution in [3.63, 3.8) is 0 Å². The number of hydrogen-bond acceptors (Lipinski definition) is 5. The Kier molecular flexibility index (Phi) is 5.92. The first-order valence-electron chi connectivity index (χ1n) is 9.26. The fourth-order valence-electron chi connectivity index (χ4n) is 2.80. The van der Waals surface area contributed by atoms with Crippen molar-refractivity contribution in [2.75, 3.05) is 10.6 Å². The first-order valence-corrected chi connectivity index (χ1v) is 9.26. The van der Waals surface area contributed by atoms with Crippen molar-refractivity contribution in [2.45, 2.75) is 33.3 Å². The number of carbonyl (C=O) groups is 3. The van der Waals surface area contributed by atoms with Gasteiger partial charge in [0, 0.05) is 29.3 Å². The molecule has 3 rings (SSSR count). The van der Waals surface area contributed by atoms with Crippen LogP contribution in [0.5, 0.6) is 0 Å². The zero-order chi connectivity index (χ0) is 21.0. The average molecular weight is 394 g/mol. The summed E-state index contributed by atoms with van der Waals surface area (Å²) in [6.45, 7) is 5.18. The molecule has 0 bridgehead atoms. The van der Waals surface area contributed by atoms with Gasteiger partial charge in [0.1, 0.15) is 5.65 Å². The molecule has 8 nitrogen and oxygen atoms in total. The number of aromatic nitrogens is 2. The minimum atomic E-state index is -0.639. The van der Waals surface area contributed by atoms with Crippen molar-refractivity contribution in [1.29, 1.82) is 0 Å². The van der Waals surface area contributed by atoms with Gasteiger partial charge < -0.3 is 15.0 Å². The number of ether oxygens (including phenoxy) is 1. The van der Waals surface area contributed by atoms with Gasteiger partial charge in [-0.2, -0.15) is 0 Å². The molecule has 2 amide bonds. The minimum absolute atomic E-state index is 0.147. The highest BCUT2D eigenvalue weighted by atomic mass is 16.6. The Morgan fingerprint density at radius 1 is 1.14 bits per heavy atom. The molecule has 0 unspecified atom stereocenters. The van der Waals surface area contributed by atoms with Crippen LogP contribution in [0.15, 0.2) is 42.7 Å². The lowest BCUT2D eigenvalue weighted by Gasteiger charge is -2.09. The molecule has 0 aliphatic heterocycles. The highest BCUT2D eigenvalue weighted by Gasteiger charge is 2.14. The summed E-state index contributed by atoms with van der Waals surface area (Å²) < 4.78 is 5.09. The van der Waals surface area contributed by atoms with Crippen LogP contribution in [-0.4, -0.2) is 33.9 Å². The van der Waals surface area contributed by atoms with E-state index in [1.165, 1.54) is 6.20 Å². The van der Waals surface area contributed by atoms with Crippen LogP contribution in [-0.2, 0) is 14.3 Å². The van der Waals surface area contributed by atoms with Crippen LogP contribution in [0.2, 0.25) is 0 Å². The van der Waals surface area contributed by atoms with Crippen LogP contribution in [0.3, 0.4) is 0 Å². The zero-order valence-electron chi connectivity index (χ0n) is 16.4. The van der Waals surface area contributed by atoms with Gasteiger partial charge in [-0.25, -0.2) is 9.78 Å². The molecule has 0 aliphatic rings. The summed E-state index contributed by atoms with van der Waals surface area (Å²) in [6, 6.07) is 8.95. The van der Waals surface area contributed by atoms with E-state index in [0.29, 0.717) is 17.0 Å². The third kappa shape index (κ3) is 4.78. The molecule has 2 aromatic heterocycles. The van der Waals surface area contributed by atoms with Gasteiger partial charge in [0.25, 0.3) is 5.91 Å². The van der Waals surface area contributed by atoms with Gasteiger partial charge in [-0.3, -0.25) is 14.9 Å². The second-order valence-corrected chi connectivity index (χ2v) is 6.71. The van der Waals surface area contributed by atoms with Gasteiger partial charge >= 0.3 is 6.09 Å². The van der Waals surface area contributed by atoms with Gasteiger partial charge in [-0.1, -0.05) is 19.1 Å². The molecule has 3 aromatic rings. The maximum absolute atomic E-state index is 11.8. The summed E-state index contributed by atoms with van der Waals surface area (Å²) in [7, 11) is 0. The van der Waals surface area contributed by atoms with Crippen LogP contribution >= 0.6 is 0 Å². The summed E-state index contributed by atoms with van der Waals surface area (Å²) >= 11 is 0. The van der Waals surface area contributed by atoms with Crippen molar-refractivity contribution in [3.05, 3.63) is 42.7 Å². The van der Waals surface area contributed by atoms with Gasteiger partial charge in [-0.15, -0.1) is 0 Å². The lowest BCUT2D eigenvalue weighted by molar-refractivity contribution is -0.134. The van der Waals surface area contributed by atoms with Crippen molar-refractivity contribution in [2.24, 2.45) is 0 Å². The number of nitrogens with one attached hydrogen (secondary N) is 3. The van der Waals surface area contributed by atoms with Gasteiger partial charge in [0.05, 0.1) is 18.0 Å². The van der Waals surface area contributed by atoms with Crippen LogP contribution < -0.4 is 10.6 Å². The van der Waals surface area contributed by atoms with E-state index in [1.807, 2.05) is 6.07 Å². The predicted molar refractivity (Wildman–Crippen MR) is 111 cm³/mol. The minimum Gasteiger partial charge on any atom is -0.447 e. The third-order valence-electron chi connectivity index (χ3n) is 4.13. The Morgan fingerprint density at radius 2 is 1.93 bits per heavy atom. The fraction of sp³-hybridized carbons (Fsp3) is 0.238. The number of pyridine rings is 1. The fourth-order valence-corrected chi connectivity index (χ4v) is 2.80. The standard InChI is InChI=1S/C21H22N4O4/c1-4-18(26)20(27)24-14-7-5-6-13(8-14)17-11-23-19-16(17)9-15(10-22-19)25-21(28)29-12(2)3/h5-12H,4H2,1-3H3,(H,22,23)(H,24,27)(H,25,28). The Morgan fingerprint density at radius 3 is 2.66 bits per heavy atom. The third-order valence-corrected chi connectivity index (χ3v) is 4.13. The summed E-state index contributed by atoms with van der Waals surface area (Å²) in [5.74, 6) is -1.11. The normalized spacial score (nSPS) is 10.8. The second-order valence-electron chi connectivity index (χ2n) is 6.71. The van der Waals surface area contributed by atoms with Crippen molar-refractivity contribution >= 4 is 40.2 Å². The lowest BCUT2D eigenvalue weighted by atomic mass is 10.0. The molecule has 150 valence electrons. The first kappa shape index (κ1) is 20.1. The number of nitrogens with zero attached hydrogens (tertiary/aromatic N) is 1. The first-order chi connectivity index (χ1) is 13.9. The zero-order valence-corrected chi connectivity index (χ0v) is 16.4. The number of anilines is 2. The molecule has 29 heavy (non-hydrogen) atoms. The number of fused-ring (bicyclic) bond motifs is 1. The van der Waals surface area contributed by atoms with E-state index < -0.39 is 17.8 Å². The quantitative estimate of drug-likeness (QED) is 0.545. The van der Waals surface area contributed by atoms with Crippen LogP contribution in [0, 0.1) is 0 Å². The number of H-pyrrole nitrogens is 1. The van der Waals surface area contributed by atoms with E-state index in [0.717, 1.165) is 16.5 Å². The van der Waals surface area contributed by atoms with Crippen molar-refractivity contribution in [3.8, 4) is 11.1 Å². The molecular weight excluding hydrogens is 372 g/mol. The van der Waals surface area contributed by atoms with Crippen LogP contribution in [0.4, 0.5) is 16.2 Å². The van der Waals surface area contributed by atoms with Crippen molar-refractivity contribution in [1.82, 2.24) is 9.97 Å². The Balaban J connectivity index is 1.89. The molecule has 0 saturated heterocycles. The molecule has 0 fully saturated rings. The molecule has 8 heteroatoms. The number of amides is 2. The van der Waals surface area contributed by atoms with Gasteiger partial charge in [0.2, 0.25) is 5.78 Å². The van der Waals surface area contributed by atoms with E-state index in [1.54, 1.807) is 51.2 Å². The van der Waals surface area contributed by atoms with E-state index >= 15 is 0 Å². The topological polar surface area (TPSA) is 113 Å². The summed E-state index contributed by atoms with van der Waals surface area (Å²) in [6.07, 6.45) is 2.70. The van der Waals surface area contributed by atoms with Crippen LogP contribution in [0.1, 0.15) is 27.2 Å². The molecule has 0 atom stereocenters. The molecule has 0 saturated carbocycles. The van der Waals surface area contributed by atoms with Crippen LogP contribution in [0.25, 0.3) is 22.2 Å². The number of ketones is 1. The van der Waals surface area contributed by atoms with Crippen molar-refractivity contribution < 1.29 is 19.1 Å². The largest absolute Gasteiger partial charge is 0.447 e. The molecular formula is C21H22N4O4. The molecule has 2 heterocycles. The molecule has 0 spiro atoms. The molecule has 0 radical (unpaired) electrons. The summed E-state index contributed by atoms with van der Waals surface area (Å²) in [5, 5.41) is 6.06. The Bertz CT molecular complexity index is 1070. The van der Waals surface area contributed by atoms with E-state index in [4.69, 9.17) is 4.74 Å². The number of Topliss-reactive ketones (excluding diaryl/α,β-unsaturated/α-hetero) is 1. The monoisotopic (exact) mass is 394 g/mol. The van der Waals surface area contributed by atoms with Gasteiger partial charge in [-0.05, 0) is 37.6 Å². The highest BCUT2D eigenvalue weighted by molar-refractivity contribution is 6.40. The number of carbonyl (C=O) groups excluding carboxylic acids is 3. The maximum Gasteiger partial charge on any atom is 0.411 e. The average Bonchev–Trinajstić information content (AvgIpc) is 3.10. The maximum atomic E-state index is 11.8. The molecule has 1 aromatic carbocycles. The Hall–Kier alpha value is -3.68. The predicted octanol–water partition coefficient (Wildman–Crippen LogP) is 4.10. The highest BCUT2D eigenvalue weighted by Crippen LogP contribution is 2.31. The Labute approximate surface area is 167 Å². The lowest BCUT2D eigenvalue weighted by Crippen LogP contribution is -2.21. The number of rotatable bonds is 6. The smallest absolute Gasteiger partial charge is 0.411 e.